The van der Waals surface area contributed by atoms with Crippen LogP contribution in [0.3, 0.4) is 0 Å². The minimum absolute atomic E-state index is 0.0440. The largest absolute Gasteiger partial charge is 0.447 e. The van der Waals surface area contributed by atoms with Crippen LogP contribution >= 0.6 is 0 Å². The van der Waals surface area contributed by atoms with Gasteiger partial charge in [-0.3, -0.25) is 9.59 Å². The molecule has 0 saturated heterocycles. The number of aromatic amines is 1. The molecule has 0 aromatic heterocycles. The minimum atomic E-state index is -0.455. The number of para-hydroxylation sites is 3. The quantitative estimate of drug-likeness (QED) is 0.579. The summed E-state index contributed by atoms with van der Waals surface area (Å²) < 4.78 is 6.71. The van der Waals surface area contributed by atoms with Crippen molar-refractivity contribution in [2.45, 2.75) is 0 Å². The van der Waals surface area contributed by atoms with Crippen LogP contribution in [0.5, 0.6) is 0 Å². The van der Waals surface area contributed by atoms with Crippen molar-refractivity contribution in [2.24, 2.45) is 0 Å². The Morgan fingerprint density at radius 3 is 2.38 bits per heavy atom. The fraction of sp³-hybridized carbons (Fsp3) is 0. The topological polar surface area (TPSA) is 68.0 Å². The highest BCUT2D eigenvalue weighted by atomic mass is 16.3. The van der Waals surface area contributed by atoms with Gasteiger partial charge < -0.3 is 9.40 Å². The van der Waals surface area contributed by atoms with Crippen molar-refractivity contribution in [3.63, 3.8) is 0 Å². The molecule has 2 aliphatic heterocycles. The van der Waals surface area contributed by atoms with Crippen LogP contribution in [-0.2, 0) is 0 Å². The summed E-state index contributed by atoms with van der Waals surface area (Å²) in [6.07, 6.45) is 0. The zero-order valence-electron chi connectivity index (χ0n) is 10.9. The van der Waals surface area contributed by atoms with Crippen LogP contribution in [0.2, 0.25) is 0 Å². The number of hydrogen-bond donors (Lipinski definition) is 1. The first-order valence-electron chi connectivity index (χ1n) is 6.48. The first kappa shape index (κ1) is 11.7. The summed E-state index contributed by atoms with van der Waals surface area (Å²) in [4.78, 5) is 27.9. The molecular formula is C16H10N2O3. The van der Waals surface area contributed by atoms with Crippen LogP contribution in [0.4, 0.5) is 0 Å². The molecule has 5 heteroatoms. The van der Waals surface area contributed by atoms with E-state index in [1.54, 1.807) is 36.4 Å². The molecule has 0 spiro atoms. The van der Waals surface area contributed by atoms with E-state index in [9.17, 15) is 9.59 Å². The van der Waals surface area contributed by atoms with E-state index in [1.165, 1.54) is 0 Å². The van der Waals surface area contributed by atoms with Gasteiger partial charge in [0.2, 0.25) is 5.42 Å². The van der Waals surface area contributed by atoms with Crippen LogP contribution in [-0.4, -0.2) is 9.55 Å². The minimum Gasteiger partial charge on any atom is -0.447 e. The summed E-state index contributed by atoms with van der Waals surface area (Å²) >= 11 is 0. The van der Waals surface area contributed by atoms with E-state index >= 15 is 0 Å². The van der Waals surface area contributed by atoms with Gasteiger partial charge in [0.05, 0.1) is 11.2 Å². The van der Waals surface area contributed by atoms with Crippen molar-refractivity contribution < 1.29 is 4.42 Å². The third-order valence-electron chi connectivity index (χ3n) is 3.41. The summed E-state index contributed by atoms with van der Waals surface area (Å²) in [5.41, 5.74) is 0.914. The highest BCUT2D eigenvalue weighted by molar-refractivity contribution is 5.71. The number of rotatable bonds is 1. The molecule has 4 rings (SSSR count). The second-order valence-corrected chi connectivity index (χ2v) is 4.71. The SMILES string of the molecule is O=c1c2[nH]c3ccccc3oc=2c(=O)n1-c1ccccc1. The third-order valence-corrected chi connectivity index (χ3v) is 3.41. The van der Waals surface area contributed by atoms with E-state index in [0.717, 1.165) is 4.57 Å². The molecule has 2 aliphatic rings. The second kappa shape index (κ2) is 4.21. The van der Waals surface area contributed by atoms with Gasteiger partial charge in [-0.2, -0.15) is 0 Å². The Kier molecular flexibility index (Phi) is 2.35. The fourth-order valence-electron chi connectivity index (χ4n) is 2.43. The lowest BCUT2D eigenvalue weighted by Gasteiger charge is -1.97. The molecule has 2 aromatic carbocycles. The number of hydrogen-bond acceptors (Lipinski definition) is 3. The Labute approximate surface area is 117 Å². The number of H-pyrrole nitrogens is 1. The fourth-order valence-corrected chi connectivity index (χ4v) is 2.43. The summed E-state index contributed by atoms with van der Waals surface area (Å²) in [6.45, 7) is 0. The molecule has 0 bridgehead atoms. The summed E-state index contributed by atoms with van der Waals surface area (Å²) in [7, 11) is 0. The van der Waals surface area contributed by atoms with Gasteiger partial charge in [-0.25, -0.2) is 4.57 Å². The predicted octanol–water partition coefficient (Wildman–Crippen LogP) is 2.00. The highest BCUT2D eigenvalue weighted by Gasteiger charge is 2.14. The first-order chi connectivity index (χ1) is 10.3. The van der Waals surface area contributed by atoms with Crippen LogP contribution in [0.25, 0.3) is 16.8 Å². The van der Waals surface area contributed by atoms with E-state index in [2.05, 4.69) is 4.98 Å². The Bertz CT molecular complexity index is 1050. The maximum Gasteiger partial charge on any atom is 0.303 e. The van der Waals surface area contributed by atoms with Crippen LogP contribution in [0.15, 0.2) is 68.6 Å². The summed E-state index contributed by atoms with van der Waals surface area (Å²) in [5, 5.41) is 0.183. The van der Waals surface area contributed by atoms with E-state index in [0.29, 0.717) is 16.8 Å². The lowest BCUT2D eigenvalue weighted by atomic mass is 10.3. The Balaban J connectivity index is 2.20. The maximum atomic E-state index is 12.5. The molecule has 1 N–H and O–H groups in total. The van der Waals surface area contributed by atoms with Gasteiger partial charge in [-0.1, -0.05) is 30.3 Å². The molecule has 0 radical (unpaired) electrons. The molecule has 0 aliphatic carbocycles. The lowest BCUT2D eigenvalue weighted by Crippen LogP contribution is -2.24. The molecule has 102 valence electrons. The Morgan fingerprint density at radius 2 is 1.57 bits per heavy atom. The number of nitrogens with zero attached hydrogens (tertiary/aromatic N) is 1. The zero-order chi connectivity index (χ0) is 14.4. The van der Waals surface area contributed by atoms with Crippen LogP contribution in [0.1, 0.15) is 0 Å². The van der Waals surface area contributed by atoms with Gasteiger partial charge in [0, 0.05) is 0 Å². The molecule has 0 amide bonds. The number of benzene rings is 2. The molecule has 21 heavy (non-hydrogen) atoms. The molecular weight excluding hydrogens is 268 g/mol. The highest BCUT2D eigenvalue weighted by Crippen LogP contribution is 2.10. The normalized spacial score (nSPS) is 11.2. The number of nitrogens with one attached hydrogen (secondary N) is 1. The van der Waals surface area contributed by atoms with Gasteiger partial charge in [-0.05, 0) is 24.3 Å². The van der Waals surface area contributed by atoms with Crippen molar-refractivity contribution in [3.8, 4) is 5.69 Å². The standard InChI is InChI=1S/C16H10N2O3/c19-15-13-14(21-12-9-5-4-8-11(12)17-13)16(20)18(15)10-6-2-1-3-7-10/h1-9,17H. The molecule has 0 unspecified atom stereocenters. The smallest absolute Gasteiger partial charge is 0.303 e. The van der Waals surface area contributed by atoms with Gasteiger partial charge in [-0.15, -0.1) is 0 Å². The maximum absolute atomic E-state index is 12.5. The molecule has 5 nitrogen and oxygen atoms in total. The van der Waals surface area contributed by atoms with E-state index < -0.39 is 11.1 Å². The zero-order valence-corrected chi connectivity index (χ0v) is 10.9. The van der Waals surface area contributed by atoms with Crippen molar-refractivity contribution in [3.05, 3.63) is 86.1 Å². The summed E-state index contributed by atoms with van der Waals surface area (Å²) in [5.74, 6) is 0. The van der Waals surface area contributed by atoms with Crippen molar-refractivity contribution in [1.29, 1.82) is 0 Å². The predicted molar refractivity (Wildman–Crippen MR) is 77.7 cm³/mol. The Hall–Kier alpha value is -3.08. The lowest BCUT2D eigenvalue weighted by molar-refractivity contribution is 0.556. The molecule has 0 saturated carbocycles. The number of fused-ring (bicyclic) bond motifs is 1. The monoisotopic (exact) mass is 278 g/mol. The molecule has 2 heterocycles. The number of aromatic nitrogens is 2. The first-order valence-corrected chi connectivity index (χ1v) is 6.48. The van der Waals surface area contributed by atoms with Crippen molar-refractivity contribution >= 4 is 11.1 Å². The summed E-state index contributed by atoms with van der Waals surface area (Å²) in [6, 6.07) is 16.0. The Morgan fingerprint density at radius 1 is 0.857 bits per heavy atom. The molecule has 0 fully saturated rings. The van der Waals surface area contributed by atoms with Crippen LogP contribution < -0.4 is 11.1 Å². The van der Waals surface area contributed by atoms with Gasteiger partial charge >= 0.3 is 5.56 Å². The van der Waals surface area contributed by atoms with E-state index in [1.807, 2.05) is 18.2 Å². The van der Waals surface area contributed by atoms with Crippen LogP contribution in [0, 0.1) is 10.8 Å². The molecule has 0 atom stereocenters. The van der Waals surface area contributed by atoms with Crippen molar-refractivity contribution in [2.75, 3.05) is 0 Å². The third kappa shape index (κ3) is 1.64. The van der Waals surface area contributed by atoms with E-state index in [-0.39, 0.29) is 10.8 Å². The second-order valence-electron chi connectivity index (χ2n) is 4.71. The van der Waals surface area contributed by atoms with Gasteiger partial charge in [0.1, 0.15) is 0 Å². The molecule has 2 aromatic rings. The van der Waals surface area contributed by atoms with Crippen molar-refractivity contribution in [1.82, 2.24) is 9.55 Å². The van der Waals surface area contributed by atoms with E-state index in [4.69, 9.17) is 4.42 Å². The average Bonchev–Trinajstić information content (AvgIpc) is 2.77. The average molecular weight is 278 g/mol. The van der Waals surface area contributed by atoms with Gasteiger partial charge in [0.25, 0.3) is 5.56 Å². The van der Waals surface area contributed by atoms with Gasteiger partial charge in [0.15, 0.2) is 10.9 Å².